The van der Waals surface area contributed by atoms with E-state index in [1.165, 1.54) is 22.4 Å². The molecule has 0 bridgehead atoms. The molecule has 1 aromatic rings. The number of thioether (sulfide) groups is 1. The van der Waals surface area contributed by atoms with Gasteiger partial charge in [0.1, 0.15) is 0 Å². The van der Waals surface area contributed by atoms with Gasteiger partial charge in [0.05, 0.1) is 0 Å². The smallest absolute Gasteiger partial charge is 0.223 e. The largest absolute Gasteiger partial charge is 0.338 e. The molecule has 3 nitrogen and oxygen atoms in total. The Bertz CT molecular complexity index is 490. The number of hydrogen-bond donors (Lipinski definition) is 1. The molecule has 0 saturated carbocycles. The van der Waals surface area contributed by atoms with Gasteiger partial charge in [0.15, 0.2) is 0 Å². The third-order valence-electron chi connectivity index (χ3n) is 4.28. The molecule has 1 heterocycles. The number of rotatable bonds is 5. The molecule has 2 rings (SSSR count). The average Bonchev–Trinajstić information content (AvgIpc) is 2.50. The minimum atomic E-state index is 0.262. The Hall–Kier alpha value is -1.00. The number of piperidine rings is 1. The average molecular weight is 306 g/mol. The van der Waals surface area contributed by atoms with E-state index in [1.807, 2.05) is 4.90 Å². The van der Waals surface area contributed by atoms with Gasteiger partial charge in [0.2, 0.25) is 5.91 Å². The van der Waals surface area contributed by atoms with Crippen LogP contribution in [0.1, 0.15) is 36.8 Å². The molecule has 1 unspecified atom stereocenters. The lowest BCUT2D eigenvalue weighted by Crippen LogP contribution is -2.47. The molecule has 0 spiro atoms. The van der Waals surface area contributed by atoms with Crippen molar-refractivity contribution < 1.29 is 4.79 Å². The SMILES string of the molecule is Cc1ccc(SCCC(=O)N2CCCCC2CN)cc1C. The third-order valence-corrected chi connectivity index (χ3v) is 5.28. The molecular weight excluding hydrogens is 280 g/mol. The lowest BCUT2D eigenvalue weighted by molar-refractivity contribution is -0.134. The van der Waals surface area contributed by atoms with E-state index in [2.05, 4.69) is 32.0 Å². The summed E-state index contributed by atoms with van der Waals surface area (Å²) in [6.45, 7) is 5.73. The highest BCUT2D eigenvalue weighted by molar-refractivity contribution is 7.99. The first-order valence-corrected chi connectivity index (χ1v) is 8.80. The monoisotopic (exact) mass is 306 g/mol. The van der Waals surface area contributed by atoms with Crippen molar-refractivity contribution in [2.24, 2.45) is 5.73 Å². The minimum Gasteiger partial charge on any atom is -0.338 e. The number of amides is 1. The van der Waals surface area contributed by atoms with Crippen LogP contribution in [0.5, 0.6) is 0 Å². The summed E-state index contributed by atoms with van der Waals surface area (Å²) in [5.74, 6) is 1.11. The summed E-state index contributed by atoms with van der Waals surface area (Å²) in [7, 11) is 0. The fourth-order valence-corrected chi connectivity index (χ4v) is 3.71. The zero-order valence-corrected chi connectivity index (χ0v) is 13.9. The van der Waals surface area contributed by atoms with Crippen molar-refractivity contribution in [1.29, 1.82) is 0 Å². The number of carbonyl (C=O) groups is 1. The van der Waals surface area contributed by atoms with E-state index in [-0.39, 0.29) is 11.9 Å². The number of carbonyl (C=O) groups excluding carboxylic acids is 1. The van der Waals surface area contributed by atoms with Crippen LogP contribution in [0.25, 0.3) is 0 Å². The van der Waals surface area contributed by atoms with Gasteiger partial charge in [0, 0.05) is 36.2 Å². The first-order valence-electron chi connectivity index (χ1n) is 7.81. The fourth-order valence-electron chi connectivity index (χ4n) is 2.78. The molecule has 21 heavy (non-hydrogen) atoms. The Morgan fingerprint density at radius 3 is 2.86 bits per heavy atom. The Morgan fingerprint density at radius 1 is 1.33 bits per heavy atom. The van der Waals surface area contributed by atoms with Gasteiger partial charge >= 0.3 is 0 Å². The topological polar surface area (TPSA) is 46.3 Å². The summed E-state index contributed by atoms with van der Waals surface area (Å²) in [5, 5.41) is 0. The Balaban J connectivity index is 1.82. The molecular formula is C17H26N2OS. The van der Waals surface area contributed by atoms with E-state index in [4.69, 9.17) is 5.73 Å². The second-order valence-electron chi connectivity index (χ2n) is 5.82. The van der Waals surface area contributed by atoms with Gasteiger partial charge < -0.3 is 10.6 Å². The van der Waals surface area contributed by atoms with Gasteiger partial charge in [-0.05, 0) is 56.4 Å². The van der Waals surface area contributed by atoms with E-state index < -0.39 is 0 Å². The first-order chi connectivity index (χ1) is 10.1. The summed E-state index contributed by atoms with van der Waals surface area (Å²) >= 11 is 1.77. The molecule has 1 atom stereocenters. The lowest BCUT2D eigenvalue weighted by Gasteiger charge is -2.35. The van der Waals surface area contributed by atoms with Gasteiger partial charge in [-0.2, -0.15) is 0 Å². The fraction of sp³-hybridized carbons (Fsp3) is 0.588. The van der Waals surface area contributed by atoms with Gasteiger partial charge in [-0.1, -0.05) is 6.07 Å². The molecule has 1 aliphatic rings. The van der Waals surface area contributed by atoms with E-state index in [0.29, 0.717) is 13.0 Å². The van der Waals surface area contributed by atoms with Crippen molar-refractivity contribution in [2.75, 3.05) is 18.8 Å². The van der Waals surface area contributed by atoms with Crippen molar-refractivity contribution in [3.63, 3.8) is 0 Å². The Morgan fingerprint density at radius 2 is 2.14 bits per heavy atom. The molecule has 1 fully saturated rings. The highest BCUT2D eigenvalue weighted by Gasteiger charge is 2.24. The maximum atomic E-state index is 12.3. The van der Waals surface area contributed by atoms with Crippen molar-refractivity contribution in [3.8, 4) is 0 Å². The second kappa shape index (κ2) is 7.85. The van der Waals surface area contributed by atoms with Crippen LogP contribution in [0.2, 0.25) is 0 Å². The third kappa shape index (κ3) is 4.48. The van der Waals surface area contributed by atoms with E-state index in [9.17, 15) is 4.79 Å². The molecule has 1 amide bonds. The van der Waals surface area contributed by atoms with E-state index >= 15 is 0 Å². The van der Waals surface area contributed by atoms with E-state index in [0.717, 1.165) is 25.1 Å². The lowest BCUT2D eigenvalue weighted by atomic mass is 10.0. The van der Waals surface area contributed by atoms with Crippen LogP contribution in [0, 0.1) is 13.8 Å². The zero-order valence-electron chi connectivity index (χ0n) is 13.1. The van der Waals surface area contributed by atoms with Crippen LogP contribution in [0.4, 0.5) is 0 Å². The predicted octanol–water partition coefficient (Wildman–Crippen LogP) is 3.13. The molecule has 0 aliphatic carbocycles. The van der Waals surface area contributed by atoms with Crippen LogP contribution < -0.4 is 5.73 Å². The quantitative estimate of drug-likeness (QED) is 0.850. The van der Waals surface area contributed by atoms with Crippen LogP contribution in [-0.2, 0) is 4.79 Å². The number of nitrogens with two attached hydrogens (primary N) is 1. The number of nitrogens with zero attached hydrogens (tertiary/aromatic N) is 1. The number of hydrogen-bond acceptors (Lipinski definition) is 3. The van der Waals surface area contributed by atoms with Crippen LogP contribution in [0.15, 0.2) is 23.1 Å². The van der Waals surface area contributed by atoms with Crippen molar-refractivity contribution in [3.05, 3.63) is 29.3 Å². The molecule has 4 heteroatoms. The van der Waals surface area contributed by atoms with Gasteiger partial charge in [-0.3, -0.25) is 4.79 Å². The normalized spacial score (nSPS) is 18.8. The summed E-state index contributed by atoms with van der Waals surface area (Å²) in [4.78, 5) is 15.6. The van der Waals surface area contributed by atoms with Crippen molar-refractivity contribution >= 4 is 17.7 Å². The molecule has 1 aliphatic heterocycles. The molecule has 0 radical (unpaired) electrons. The Labute approximate surface area is 132 Å². The standard InChI is InChI=1S/C17H26N2OS/c1-13-6-7-16(11-14(13)2)21-10-8-17(20)19-9-4-3-5-15(19)12-18/h6-7,11,15H,3-5,8-10,12,18H2,1-2H3. The minimum absolute atomic E-state index is 0.262. The summed E-state index contributed by atoms with van der Waals surface area (Å²) < 4.78 is 0. The van der Waals surface area contributed by atoms with Gasteiger partial charge in [0.25, 0.3) is 0 Å². The Kier molecular flexibility index (Phi) is 6.12. The van der Waals surface area contributed by atoms with E-state index in [1.54, 1.807) is 11.8 Å². The predicted molar refractivity (Wildman–Crippen MR) is 89.7 cm³/mol. The number of benzene rings is 1. The van der Waals surface area contributed by atoms with Gasteiger partial charge in [-0.15, -0.1) is 11.8 Å². The van der Waals surface area contributed by atoms with Gasteiger partial charge in [-0.25, -0.2) is 0 Å². The highest BCUT2D eigenvalue weighted by Crippen LogP contribution is 2.23. The molecule has 116 valence electrons. The van der Waals surface area contributed by atoms with Crippen LogP contribution in [-0.4, -0.2) is 35.7 Å². The summed E-state index contributed by atoms with van der Waals surface area (Å²) in [6, 6.07) is 6.75. The summed E-state index contributed by atoms with van der Waals surface area (Å²) in [5.41, 5.74) is 8.41. The second-order valence-corrected chi connectivity index (χ2v) is 6.99. The molecule has 1 aromatic carbocycles. The highest BCUT2D eigenvalue weighted by atomic mass is 32.2. The van der Waals surface area contributed by atoms with Crippen molar-refractivity contribution in [1.82, 2.24) is 4.90 Å². The molecule has 0 aromatic heterocycles. The number of likely N-dealkylation sites (tertiary alicyclic amines) is 1. The maximum absolute atomic E-state index is 12.3. The molecule has 2 N–H and O–H groups in total. The first kappa shape index (κ1) is 16.4. The van der Waals surface area contributed by atoms with Crippen LogP contribution >= 0.6 is 11.8 Å². The molecule has 1 saturated heterocycles. The number of aryl methyl sites for hydroxylation is 2. The summed E-state index contributed by atoms with van der Waals surface area (Å²) in [6.07, 6.45) is 3.98. The van der Waals surface area contributed by atoms with Crippen LogP contribution in [0.3, 0.4) is 0 Å². The maximum Gasteiger partial charge on any atom is 0.223 e. The zero-order chi connectivity index (χ0) is 15.2. The van der Waals surface area contributed by atoms with Crippen molar-refractivity contribution in [2.45, 2.75) is 50.5 Å².